The Morgan fingerprint density at radius 2 is 1.89 bits per heavy atom. The molecule has 104 valence electrons. The van der Waals surface area contributed by atoms with E-state index in [0.29, 0.717) is 6.04 Å². The Balaban J connectivity index is 2.18. The number of aryl methyl sites for hydroxylation is 3. The molecule has 2 aromatic rings. The third-order valence-corrected chi connectivity index (χ3v) is 5.62. The molecule has 4 heteroatoms. The highest BCUT2D eigenvalue weighted by atomic mass is 32.1. The molecule has 2 rings (SSSR count). The summed E-state index contributed by atoms with van der Waals surface area (Å²) in [5, 5.41) is 4.77. The maximum atomic E-state index is 4.56. The molecule has 0 saturated carbocycles. The van der Waals surface area contributed by atoms with Gasteiger partial charge in [0, 0.05) is 27.1 Å². The first-order valence-electron chi connectivity index (χ1n) is 6.88. The summed E-state index contributed by atoms with van der Waals surface area (Å²) in [7, 11) is 0. The number of nitrogens with one attached hydrogen (secondary N) is 1. The number of hydrogen-bond acceptors (Lipinski definition) is 4. The van der Waals surface area contributed by atoms with Gasteiger partial charge in [0.05, 0.1) is 10.7 Å². The quantitative estimate of drug-likeness (QED) is 0.860. The van der Waals surface area contributed by atoms with Crippen LogP contribution in [0.2, 0.25) is 0 Å². The summed E-state index contributed by atoms with van der Waals surface area (Å²) in [4.78, 5) is 8.89. The van der Waals surface area contributed by atoms with Gasteiger partial charge in [0.1, 0.15) is 0 Å². The molecule has 0 aliphatic carbocycles. The molecule has 0 aliphatic heterocycles. The molecular formula is C15H22N2S2. The summed E-state index contributed by atoms with van der Waals surface area (Å²) in [5.41, 5.74) is 1.18. The molecule has 0 amide bonds. The van der Waals surface area contributed by atoms with E-state index in [1.165, 1.54) is 20.3 Å². The number of rotatable bonds is 6. The van der Waals surface area contributed by atoms with Crippen molar-refractivity contribution in [3.63, 3.8) is 0 Å². The van der Waals surface area contributed by atoms with Gasteiger partial charge in [-0.2, -0.15) is 0 Å². The Morgan fingerprint density at radius 1 is 1.16 bits per heavy atom. The molecule has 0 bridgehead atoms. The van der Waals surface area contributed by atoms with Crippen molar-refractivity contribution in [3.8, 4) is 0 Å². The van der Waals surface area contributed by atoms with Gasteiger partial charge in [-0.05, 0) is 38.9 Å². The highest BCUT2D eigenvalue weighted by Crippen LogP contribution is 2.29. The van der Waals surface area contributed by atoms with E-state index in [2.05, 4.69) is 50.1 Å². The first-order chi connectivity index (χ1) is 9.13. The predicted molar refractivity (Wildman–Crippen MR) is 85.4 cm³/mol. The van der Waals surface area contributed by atoms with Gasteiger partial charge in [-0.3, -0.25) is 0 Å². The first-order valence-corrected chi connectivity index (χ1v) is 8.52. The number of thiophene rings is 1. The largest absolute Gasteiger partial charge is 0.309 e. The smallest absolute Gasteiger partial charge is 0.0900 e. The molecule has 1 N–H and O–H groups in total. The molecule has 0 fully saturated rings. The van der Waals surface area contributed by atoms with E-state index in [1.807, 2.05) is 22.7 Å². The molecule has 1 unspecified atom stereocenters. The highest BCUT2D eigenvalue weighted by molar-refractivity contribution is 7.12. The minimum absolute atomic E-state index is 0.402. The molecule has 19 heavy (non-hydrogen) atoms. The van der Waals surface area contributed by atoms with E-state index in [9.17, 15) is 0 Å². The number of aromatic nitrogens is 1. The minimum atomic E-state index is 0.402. The second-order valence-corrected chi connectivity index (χ2v) is 7.21. The lowest BCUT2D eigenvalue weighted by atomic mass is 10.1. The molecule has 0 aliphatic rings. The second kappa shape index (κ2) is 6.64. The van der Waals surface area contributed by atoms with Crippen LogP contribution in [0, 0.1) is 13.8 Å². The van der Waals surface area contributed by atoms with Crippen LogP contribution in [0.1, 0.15) is 45.2 Å². The molecule has 0 aromatic carbocycles. The van der Waals surface area contributed by atoms with Gasteiger partial charge < -0.3 is 5.32 Å². The van der Waals surface area contributed by atoms with Crippen molar-refractivity contribution in [2.24, 2.45) is 0 Å². The monoisotopic (exact) mass is 294 g/mol. The fraction of sp³-hybridized carbons (Fsp3) is 0.533. The SMILES string of the molecule is CCNC(Cc1ccc(CC)s1)c1sc(C)nc1C. The van der Waals surface area contributed by atoms with Crippen LogP contribution in [-0.2, 0) is 12.8 Å². The van der Waals surface area contributed by atoms with Gasteiger partial charge in [0.2, 0.25) is 0 Å². The molecule has 2 nitrogen and oxygen atoms in total. The topological polar surface area (TPSA) is 24.9 Å². The fourth-order valence-corrected chi connectivity index (χ4v) is 4.30. The molecule has 2 aromatic heterocycles. The summed E-state index contributed by atoms with van der Waals surface area (Å²) >= 11 is 3.76. The molecule has 0 saturated heterocycles. The Morgan fingerprint density at radius 3 is 2.42 bits per heavy atom. The molecule has 1 atom stereocenters. The highest BCUT2D eigenvalue weighted by Gasteiger charge is 2.17. The zero-order valence-corrected chi connectivity index (χ0v) is 13.8. The van der Waals surface area contributed by atoms with Crippen molar-refractivity contribution in [1.29, 1.82) is 0 Å². The molecule has 2 heterocycles. The van der Waals surface area contributed by atoms with Crippen LogP contribution in [0.5, 0.6) is 0 Å². The van der Waals surface area contributed by atoms with Crippen molar-refractivity contribution in [2.75, 3.05) is 6.54 Å². The van der Waals surface area contributed by atoms with Crippen molar-refractivity contribution < 1.29 is 0 Å². The third-order valence-electron chi connectivity index (χ3n) is 3.18. The zero-order chi connectivity index (χ0) is 13.8. The van der Waals surface area contributed by atoms with Gasteiger partial charge in [0.25, 0.3) is 0 Å². The Labute approximate surface area is 123 Å². The Bertz CT molecular complexity index is 528. The van der Waals surface area contributed by atoms with Crippen LogP contribution in [0.3, 0.4) is 0 Å². The van der Waals surface area contributed by atoms with Gasteiger partial charge >= 0.3 is 0 Å². The Hall–Kier alpha value is -0.710. The maximum absolute atomic E-state index is 4.56. The maximum Gasteiger partial charge on any atom is 0.0900 e. The molecule has 0 spiro atoms. The predicted octanol–water partition coefficient (Wildman–Crippen LogP) is 4.28. The third kappa shape index (κ3) is 3.65. The Kier molecular flexibility index (Phi) is 5.13. The molecule has 0 radical (unpaired) electrons. The normalized spacial score (nSPS) is 12.8. The van der Waals surface area contributed by atoms with E-state index >= 15 is 0 Å². The number of hydrogen-bond donors (Lipinski definition) is 1. The van der Waals surface area contributed by atoms with Crippen LogP contribution < -0.4 is 5.32 Å². The van der Waals surface area contributed by atoms with Crippen LogP contribution in [0.4, 0.5) is 0 Å². The van der Waals surface area contributed by atoms with Crippen LogP contribution in [0.15, 0.2) is 12.1 Å². The van der Waals surface area contributed by atoms with E-state index in [1.54, 1.807) is 0 Å². The van der Waals surface area contributed by atoms with Crippen LogP contribution >= 0.6 is 22.7 Å². The fourth-order valence-electron chi connectivity index (χ4n) is 2.30. The van der Waals surface area contributed by atoms with Gasteiger partial charge in [-0.25, -0.2) is 4.98 Å². The van der Waals surface area contributed by atoms with Crippen LogP contribution in [0.25, 0.3) is 0 Å². The van der Waals surface area contributed by atoms with Crippen molar-refractivity contribution in [3.05, 3.63) is 37.5 Å². The number of nitrogens with zero attached hydrogens (tertiary/aromatic N) is 1. The van der Waals surface area contributed by atoms with E-state index < -0.39 is 0 Å². The lowest BCUT2D eigenvalue weighted by molar-refractivity contribution is 0.558. The second-order valence-electron chi connectivity index (χ2n) is 4.72. The first kappa shape index (κ1) is 14.7. The summed E-state index contributed by atoms with van der Waals surface area (Å²) in [5.74, 6) is 0. The van der Waals surface area contributed by atoms with E-state index in [0.717, 1.165) is 24.4 Å². The van der Waals surface area contributed by atoms with Gasteiger partial charge in [0.15, 0.2) is 0 Å². The summed E-state index contributed by atoms with van der Waals surface area (Å²) in [6.45, 7) is 9.59. The van der Waals surface area contributed by atoms with Gasteiger partial charge in [-0.15, -0.1) is 22.7 Å². The average molecular weight is 294 g/mol. The zero-order valence-electron chi connectivity index (χ0n) is 12.1. The number of thiazole rings is 1. The molecular weight excluding hydrogens is 272 g/mol. The van der Waals surface area contributed by atoms with Crippen molar-refractivity contribution in [1.82, 2.24) is 10.3 Å². The standard InChI is InChI=1S/C15H22N2S2/c1-5-12-7-8-13(19-12)9-14(16-6-2)15-10(3)17-11(4)18-15/h7-8,14,16H,5-6,9H2,1-4H3. The van der Waals surface area contributed by atoms with Crippen molar-refractivity contribution in [2.45, 2.75) is 46.6 Å². The average Bonchev–Trinajstić information content (AvgIpc) is 2.95. The number of likely N-dealkylation sites (N-methyl/N-ethyl adjacent to an activating group) is 1. The van der Waals surface area contributed by atoms with Crippen molar-refractivity contribution >= 4 is 22.7 Å². The lowest BCUT2D eigenvalue weighted by Crippen LogP contribution is -2.22. The van der Waals surface area contributed by atoms with Gasteiger partial charge in [-0.1, -0.05) is 13.8 Å². The summed E-state index contributed by atoms with van der Waals surface area (Å²) in [6.07, 6.45) is 2.20. The summed E-state index contributed by atoms with van der Waals surface area (Å²) < 4.78 is 0. The van der Waals surface area contributed by atoms with E-state index in [4.69, 9.17) is 0 Å². The summed E-state index contributed by atoms with van der Waals surface area (Å²) in [6, 6.07) is 4.93. The minimum Gasteiger partial charge on any atom is -0.309 e. The lowest BCUT2D eigenvalue weighted by Gasteiger charge is -2.16. The van der Waals surface area contributed by atoms with E-state index in [-0.39, 0.29) is 0 Å². The van der Waals surface area contributed by atoms with Crippen LogP contribution in [-0.4, -0.2) is 11.5 Å².